The third-order valence-electron chi connectivity index (χ3n) is 2.14. The van der Waals surface area contributed by atoms with E-state index in [0.717, 1.165) is 16.5 Å². The van der Waals surface area contributed by atoms with Crippen LogP contribution in [-0.4, -0.2) is 10.2 Å². The van der Waals surface area contributed by atoms with Crippen molar-refractivity contribution in [3.8, 4) is 11.5 Å². The summed E-state index contributed by atoms with van der Waals surface area (Å²) in [7, 11) is 0. The number of halogens is 2. The van der Waals surface area contributed by atoms with E-state index in [0.29, 0.717) is 11.8 Å². The SMILES string of the molecule is CCC(Br)c1nnc(-c2cccc(Br)c2)o1. The van der Waals surface area contributed by atoms with Crippen LogP contribution in [0.3, 0.4) is 0 Å². The van der Waals surface area contributed by atoms with Gasteiger partial charge in [-0.05, 0) is 24.6 Å². The number of alkyl halides is 1. The Morgan fingerprint density at radius 1 is 1.38 bits per heavy atom. The Morgan fingerprint density at radius 3 is 2.88 bits per heavy atom. The van der Waals surface area contributed by atoms with Gasteiger partial charge >= 0.3 is 0 Å². The van der Waals surface area contributed by atoms with Crippen molar-refractivity contribution in [3.05, 3.63) is 34.6 Å². The average Bonchev–Trinajstić information content (AvgIpc) is 2.77. The van der Waals surface area contributed by atoms with Gasteiger partial charge < -0.3 is 4.42 Å². The highest BCUT2D eigenvalue weighted by Gasteiger charge is 2.14. The van der Waals surface area contributed by atoms with Gasteiger partial charge in [0.15, 0.2) is 0 Å². The zero-order chi connectivity index (χ0) is 11.5. The first-order valence-electron chi connectivity index (χ1n) is 4.94. The zero-order valence-electron chi connectivity index (χ0n) is 8.65. The zero-order valence-corrected chi connectivity index (χ0v) is 11.8. The van der Waals surface area contributed by atoms with E-state index in [1.807, 2.05) is 24.3 Å². The van der Waals surface area contributed by atoms with Gasteiger partial charge in [0.25, 0.3) is 0 Å². The molecule has 84 valence electrons. The van der Waals surface area contributed by atoms with Gasteiger partial charge in [-0.1, -0.05) is 44.8 Å². The highest BCUT2D eigenvalue weighted by atomic mass is 79.9. The fourth-order valence-electron chi connectivity index (χ4n) is 1.27. The lowest BCUT2D eigenvalue weighted by atomic mass is 10.2. The van der Waals surface area contributed by atoms with Gasteiger partial charge in [0.05, 0.1) is 4.83 Å². The van der Waals surface area contributed by atoms with Gasteiger partial charge in [-0.3, -0.25) is 0 Å². The molecule has 0 spiro atoms. The van der Waals surface area contributed by atoms with Crippen LogP contribution in [0.15, 0.2) is 33.2 Å². The number of hydrogen-bond donors (Lipinski definition) is 0. The molecular weight excluding hydrogens is 336 g/mol. The molecule has 0 amide bonds. The largest absolute Gasteiger partial charge is 0.419 e. The van der Waals surface area contributed by atoms with E-state index < -0.39 is 0 Å². The van der Waals surface area contributed by atoms with E-state index in [-0.39, 0.29) is 4.83 Å². The van der Waals surface area contributed by atoms with Crippen LogP contribution < -0.4 is 0 Å². The van der Waals surface area contributed by atoms with Crippen molar-refractivity contribution in [2.75, 3.05) is 0 Å². The Labute approximate surface area is 111 Å². The fraction of sp³-hybridized carbons (Fsp3) is 0.273. The van der Waals surface area contributed by atoms with Gasteiger partial charge in [-0.15, -0.1) is 10.2 Å². The monoisotopic (exact) mass is 344 g/mol. The number of benzene rings is 1. The van der Waals surface area contributed by atoms with Crippen molar-refractivity contribution in [1.82, 2.24) is 10.2 Å². The molecule has 1 heterocycles. The maximum Gasteiger partial charge on any atom is 0.247 e. The highest BCUT2D eigenvalue weighted by Crippen LogP contribution is 2.28. The molecule has 0 saturated carbocycles. The van der Waals surface area contributed by atoms with Crippen molar-refractivity contribution in [2.45, 2.75) is 18.2 Å². The molecule has 0 aliphatic heterocycles. The van der Waals surface area contributed by atoms with Crippen LogP contribution in [0.1, 0.15) is 24.1 Å². The second-order valence-electron chi connectivity index (χ2n) is 3.33. The standard InChI is InChI=1S/C11H10Br2N2O/c1-2-9(13)11-15-14-10(16-11)7-4-3-5-8(12)6-7/h3-6,9H,2H2,1H3. The third kappa shape index (κ3) is 2.52. The van der Waals surface area contributed by atoms with E-state index in [9.17, 15) is 0 Å². The molecule has 1 atom stereocenters. The molecule has 2 rings (SSSR count). The van der Waals surface area contributed by atoms with Crippen LogP contribution >= 0.6 is 31.9 Å². The quantitative estimate of drug-likeness (QED) is 0.776. The van der Waals surface area contributed by atoms with E-state index in [2.05, 4.69) is 49.0 Å². The number of aromatic nitrogens is 2. The summed E-state index contributed by atoms with van der Waals surface area (Å²) < 4.78 is 6.58. The predicted octanol–water partition coefficient (Wildman–Crippen LogP) is 4.35. The van der Waals surface area contributed by atoms with Crippen molar-refractivity contribution in [3.63, 3.8) is 0 Å². The molecule has 0 radical (unpaired) electrons. The van der Waals surface area contributed by atoms with Gasteiger partial charge in [-0.2, -0.15) is 0 Å². The minimum atomic E-state index is 0.126. The van der Waals surface area contributed by atoms with Crippen LogP contribution in [0.5, 0.6) is 0 Å². The number of hydrogen-bond acceptors (Lipinski definition) is 3. The Bertz CT molecular complexity index is 484. The summed E-state index contributed by atoms with van der Waals surface area (Å²) in [5.74, 6) is 1.17. The molecule has 0 fully saturated rings. The minimum absolute atomic E-state index is 0.126. The molecule has 0 bridgehead atoms. The molecular formula is C11H10Br2N2O. The van der Waals surface area contributed by atoms with E-state index in [1.165, 1.54) is 0 Å². The van der Waals surface area contributed by atoms with Crippen molar-refractivity contribution in [1.29, 1.82) is 0 Å². The van der Waals surface area contributed by atoms with Crippen LogP contribution in [0.25, 0.3) is 11.5 Å². The lowest BCUT2D eigenvalue weighted by molar-refractivity contribution is 0.500. The summed E-state index contributed by atoms with van der Waals surface area (Å²) >= 11 is 6.89. The van der Waals surface area contributed by atoms with E-state index in [4.69, 9.17) is 4.42 Å². The first-order valence-corrected chi connectivity index (χ1v) is 6.65. The predicted molar refractivity (Wildman–Crippen MR) is 69.4 cm³/mol. The van der Waals surface area contributed by atoms with Crippen LogP contribution in [0.2, 0.25) is 0 Å². The molecule has 16 heavy (non-hydrogen) atoms. The smallest absolute Gasteiger partial charge is 0.247 e. The molecule has 0 N–H and O–H groups in total. The maximum atomic E-state index is 5.59. The van der Waals surface area contributed by atoms with Crippen molar-refractivity contribution in [2.24, 2.45) is 0 Å². The fourth-order valence-corrected chi connectivity index (χ4v) is 1.86. The molecule has 0 saturated heterocycles. The summed E-state index contributed by atoms with van der Waals surface area (Å²) in [5.41, 5.74) is 0.920. The average molecular weight is 346 g/mol. The molecule has 0 aliphatic rings. The number of nitrogens with zero attached hydrogens (tertiary/aromatic N) is 2. The maximum absolute atomic E-state index is 5.59. The summed E-state index contributed by atoms with van der Waals surface area (Å²) in [6.45, 7) is 2.06. The van der Waals surface area contributed by atoms with Crippen LogP contribution in [0, 0.1) is 0 Å². The first kappa shape index (κ1) is 11.8. The van der Waals surface area contributed by atoms with Crippen molar-refractivity contribution < 1.29 is 4.42 Å². The highest BCUT2D eigenvalue weighted by molar-refractivity contribution is 9.10. The van der Waals surface area contributed by atoms with E-state index >= 15 is 0 Å². The molecule has 0 aliphatic carbocycles. The first-order chi connectivity index (χ1) is 7.70. The normalized spacial score (nSPS) is 12.7. The van der Waals surface area contributed by atoms with E-state index in [1.54, 1.807) is 0 Å². The Hall–Kier alpha value is -0.680. The van der Waals surface area contributed by atoms with Crippen molar-refractivity contribution >= 4 is 31.9 Å². The second kappa shape index (κ2) is 5.10. The lowest BCUT2D eigenvalue weighted by Crippen LogP contribution is -1.86. The number of rotatable bonds is 3. The van der Waals surface area contributed by atoms with Gasteiger partial charge in [0.2, 0.25) is 11.8 Å². The molecule has 3 nitrogen and oxygen atoms in total. The summed E-state index contributed by atoms with van der Waals surface area (Å²) in [4.78, 5) is 0.126. The molecule has 1 aromatic heterocycles. The Kier molecular flexibility index (Phi) is 3.76. The van der Waals surface area contributed by atoms with Gasteiger partial charge in [0, 0.05) is 10.0 Å². The molecule has 1 aromatic carbocycles. The topological polar surface area (TPSA) is 38.9 Å². The lowest BCUT2D eigenvalue weighted by Gasteiger charge is -1.98. The van der Waals surface area contributed by atoms with Crippen LogP contribution in [-0.2, 0) is 0 Å². The summed E-state index contributed by atoms with van der Waals surface area (Å²) in [5, 5.41) is 8.04. The summed E-state index contributed by atoms with van der Waals surface area (Å²) in [6.07, 6.45) is 0.917. The van der Waals surface area contributed by atoms with Gasteiger partial charge in [0.1, 0.15) is 0 Å². The molecule has 2 aromatic rings. The van der Waals surface area contributed by atoms with Gasteiger partial charge in [-0.25, -0.2) is 0 Å². The second-order valence-corrected chi connectivity index (χ2v) is 5.35. The van der Waals surface area contributed by atoms with Crippen LogP contribution in [0.4, 0.5) is 0 Å². The molecule has 5 heteroatoms. The Morgan fingerprint density at radius 2 is 2.19 bits per heavy atom. The Balaban J connectivity index is 2.31. The third-order valence-corrected chi connectivity index (χ3v) is 3.67. The minimum Gasteiger partial charge on any atom is -0.419 e. The molecule has 1 unspecified atom stereocenters. The summed E-state index contributed by atoms with van der Waals surface area (Å²) in [6, 6.07) is 7.79.